The van der Waals surface area contributed by atoms with E-state index in [1.165, 1.54) is 12.2 Å². The van der Waals surface area contributed by atoms with Crippen LogP contribution in [0.5, 0.6) is 0 Å². The Morgan fingerprint density at radius 2 is 1.49 bits per heavy atom. The molecule has 0 amide bonds. The maximum Gasteiger partial charge on any atom is 0.193 e. The van der Waals surface area contributed by atoms with Crippen molar-refractivity contribution < 1.29 is 53.5 Å². The summed E-state index contributed by atoms with van der Waals surface area (Å²) in [5.41, 5.74) is -3.70. The minimum atomic E-state index is -1.85. The molecule has 0 bridgehead atoms. The summed E-state index contributed by atoms with van der Waals surface area (Å²) in [6.07, 6.45) is 12.6. The van der Waals surface area contributed by atoms with Gasteiger partial charge in [0.25, 0.3) is 0 Å². The van der Waals surface area contributed by atoms with E-state index in [4.69, 9.17) is 9.47 Å². The minimum absolute atomic E-state index is 0.0167. The predicted octanol–water partition coefficient (Wildman–Crippen LogP) is 5.11. The van der Waals surface area contributed by atoms with Crippen molar-refractivity contribution in [3.05, 3.63) is 47.6 Å². The third-order valence-corrected chi connectivity index (χ3v) is 17.5. The van der Waals surface area contributed by atoms with Crippen molar-refractivity contribution in [1.82, 2.24) is 0 Å². The van der Waals surface area contributed by atoms with Gasteiger partial charge in [0.1, 0.15) is 13.2 Å². The number of aliphatic hydroxyl groups is 4. The second kappa shape index (κ2) is 13.2. The number of alkyl halides is 1. The monoisotopic (exact) mass is 792 g/mol. The van der Waals surface area contributed by atoms with E-state index < -0.39 is 64.8 Å². The standard InChI is InChI=1S/C24H32O6.C22H29FO4/c1-21(2)29-19-10-16-15-6-5-13-9-14(26)7-8-22(13,3)20(15)17(27)11-23(16,4)24(19,30-21)18(28)12-25;1-12-8-16-15-5-4-13-9-14(25)6-7-21(13,3)22(15,23)18(27)10-20(16,2)19(12)17(26)11-24/h7-9,15-17,19-20,25,27H,5-6,10-12H2,1-4H3;6-7,9,12,15-16,18-19,24,27H,4-5,8,10-11H2,1-3H3/t15-,16-,17-,19+,20+,22-,23-,24+;12-,15+,16+,18?,19-,20+,21+,22+/m01/s1. The van der Waals surface area contributed by atoms with Gasteiger partial charge in [0, 0.05) is 34.0 Å². The molecule has 1 aliphatic heterocycles. The van der Waals surface area contributed by atoms with Gasteiger partial charge in [0.05, 0.1) is 18.3 Å². The molecule has 0 aromatic carbocycles. The largest absolute Gasteiger partial charge is 0.393 e. The van der Waals surface area contributed by atoms with Crippen molar-refractivity contribution in [2.45, 2.75) is 135 Å². The van der Waals surface area contributed by atoms with Crippen LogP contribution in [0.1, 0.15) is 99.8 Å². The van der Waals surface area contributed by atoms with Gasteiger partial charge in [-0.15, -0.1) is 0 Å². The van der Waals surface area contributed by atoms with Crippen molar-refractivity contribution >= 4 is 23.1 Å². The summed E-state index contributed by atoms with van der Waals surface area (Å²) in [6, 6.07) is 0. The highest BCUT2D eigenvalue weighted by Gasteiger charge is 2.77. The summed E-state index contributed by atoms with van der Waals surface area (Å²) < 4.78 is 29.4. The van der Waals surface area contributed by atoms with Gasteiger partial charge >= 0.3 is 0 Å². The molecular weight excluding hydrogens is 731 g/mol. The lowest BCUT2D eigenvalue weighted by molar-refractivity contribution is -0.225. The highest BCUT2D eigenvalue weighted by Crippen LogP contribution is 2.72. The SMILES string of the molecule is CC1(C)O[C@@H]2C[C@H]3[C@@H]4CCC5=CC(=O)C=C[C@]5(C)[C@H]4[C@@H](O)C[C@]3(C)[C@]2(C(=O)CO)O1.C[C@@H]1C[C@H]2[C@@H]3CCC4=CC(=O)C=C[C@]4(C)[C@@]3(F)C(O)C[C@]2(C)[C@H]1C(=O)CO. The Bertz CT molecular complexity index is 1900. The Morgan fingerprint density at radius 1 is 0.842 bits per heavy atom. The number of halogens is 1. The number of carbonyl (C=O) groups excluding carboxylic acids is 4. The molecule has 0 radical (unpaired) electrons. The average molecular weight is 793 g/mol. The van der Waals surface area contributed by atoms with Crippen molar-refractivity contribution in [2.75, 3.05) is 13.2 Å². The molecule has 10 nitrogen and oxygen atoms in total. The first-order chi connectivity index (χ1) is 26.6. The van der Waals surface area contributed by atoms with Gasteiger partial charge in [-0.2, -0.15) is 0 Å². The Labute approximate surface area is 335 Å². The van der Waals surface area contributed by atoms with Crippen LogP contribution in [0.3, 0.4) is 0 Å². The molecule has 8 aliphatic carbocycles. The molecule has 1 saturated heterocycles. The zero-order valence-electron chi connectivity index (χ0n) is 34.4. The highest BCUT2D eigenvalue weighted by atomic mass is 19.1. The summed E-state index contributed by atoms with van der Waals surface area (Å²) in [7, 11) is 0. The first kappa shape index (κ1) is 41.1. The topological polar surface area (TPSA) is 168 Å². The van der Waals surface area contributed by atoms with Gasteiger partial charge in [0.15, 0.2) is 40.2 Å². The number of ether oxygens (including phenoxy) is 2. The Hall–Kier alpha value is -2.67. The number of Topliss-reactive ketones (excluding diaryl/α,β-unsaturated/α-hetero) is 2. The maximum absolute atomic E-state index is 16.8. The van der Waals surface area contributed by atoms with Crippen LogP contribution in [0, 0.1) is 63.1 Å². The predicted molar refractivity (Wildman–Crippen MR) is 207 cm³/mol. The van der Waals surface area contributed by atoms with Gasteiger partial charge in [0.2, 0.25) is 0 Å². The number of carbonyl (C=O) groups is 4. The van der Waals surface area contributed by atoms with Gasteiger partial charge in [-0.25, -0.2) is 4.39 Å². The number of hydrogen-bond acceptors (Lipinski definition) is 10. The molecule has 0 spiro atoms. The minimum Gasteiger partial charge on any atom is -0.393 e. The number of hydrogen-bond donors (Lipinski definition) is 4. The number of rotatable bonds is 4. The Morgan fingerprint density at radius 3 is 2.16 bits per heavy atom. The van der Waals surface area contributed by atoms with Crippen molar-refractivity contribution in [3.63, 3.8) is 0 Å². The molecule has 4 N–H and O–H groups in total. The number of ketones is 4. The molecule has 1 unspecified atom stereocenters. The van der Waals surface area contributed by atoms with Gasteiger partial charge in [-0.1, -0.05) is 51.0 Å². The Kier molecular flexibility index (Phi) is 9.49. The van der Waals surface area contributed by atoms with E-state index in [0.717, 1.165) is 30.4 Å². The zero-order chi connectivity index (χ0) is 41.5. The smallest absolute Gasteiger partial charge is 0.193 e. The fraction of sp³-hybridized carbons (Fsp3) is 0.739. The molecule has 9 rings (SSSR count). The molecule has 11 heteroatoms. The molecule has 9 aliphatic rings. The number of aliphatic hydroxyl groups excluding tert-OH is 4. The summed E-state index contributed by atoms with van der Waals surface area (Å²) in [4.78, 5) is 49.4. The molecule has 57 heavy (non-hydrogen) atoms. The summed E-state index contributed by atoms with van der Waals surface area (Å²) >= 11 is 0. The van der Waals surface area contributed by atoms with Crippen molar-refractivity contribution in [3.8, 4) is 0 Å². The second-order valence-corrected chi connectivity index (χ2v) is 20.5. The van der Waals surface area contributed by atoms with Crippen LogP contribution in [-0.4, -0.2) is 92.1 Å². The molecule has 7 fully saturated rings. The maximum atomic E-state index is 16.8. The highest BCUT2D eigenvalue weighted by molar-refractivity contribution is 6.02. The van der Waals surface area contributed by atoms with Crippen molar-refractivity contribution in [1.29, 1.82) is 0 Å². The van der Waals surface area contributed by atoms with Crippen LogP contribution in [0.2, 0.25) is 0 Å². The lowest BCUT2D eigenvalue weighted by Gasteiger charge is -2.62. The van der Waals surface area contributed by atoms with Crippen LogP contribution in [-0.2, 0) is 28.7 Å². The number of fused-ring (bicyclic) bond motifs is 12. The molecule has 6 saturated carbocycles. The van der Waals surface area contributed by atoms with E-state index in [-0.39, 0.29) is 76.4 Å². The van der Waals surface area contributed by atoms with E-state index >= 15 is 4.39 Å². The summed E-state index contributed by atoms with van der Waals surface area (Å²) in [5, 5.41) is 41.9. The molecule has 0 aromatic rings. The van der Waals surface area contributed by atoms with E-state index in [1.54, 1.807) is 39.0 Å². The van der Waals surface area contributed by atoms with E-state index in [0.29, 0.717) is 25.7 Å². The number of allylic oxidation sites excluding steroid dienone is 8. The fourth-order valence-corrected chi connectivity index (χ4v) is 15.4. The normalized spacial score (nSPS) is 51.1. The van der Waals surface area contributed by atoms with Crippen molar-refractivity contribution in [2.24, 2.45) is 63.1 Å². The van der Waals surface area contributed by atoms with E-state index in [2.05, 4.69) is 6.92 Å². The molecule has 312 valence electrons. The fourth-order valence-electron chi connectivity index (χ4n) is 15.4. The van der Waals surface area contributed by atoms with Gasteiger partial charge in [-0.3, -0.25) is 19.2 Å². The molecule has 0 aromatic heterocycles. The lowest BCUT2D eigenvalue weighted by atomic mass is 9.45. The third-order valence-electron chi connectivity index (χ3n) is 17.5. The zero-order valence-corrected chi connectivity index (χ0v) is 34.4. The molecular formula is C46H61FO10. The van der Waals surface area contributed by atoms with Crippen LogP contribution in [0.25, 0.3) is 0 Å². The summed E-state index contributed by atoms with van der Waals surface area (Å²) in [5.74, 6) is -1.95. The van der Waals surface area contributed by atoms with Crippen LogP contribution in [0.4, 0.5) is 4.39 Å². The van der Waals surface area contributed by atoms with Gasteiger partial charge < -0.3 is 29.9 Å². The first-order valence-corrected chi connectivity index (χ1v) is 21.2. The quantitative estimate of drug-likeness (QED) is 0.301. The van der Waals surface area contributed by atoms with Crippen LogP contribution < -0.4 is 0 Å². The summed E-state index contributed by atoms with van der Waals surface area (Å²) in [6.45, 7) is 12.5. The molecule has 1 heterocycles. The van der Waals surface area contributed by atoms with E-state index in [9.17, 15) is 39.6 Å². The van der Waals surface area contributed by atoms with Crippen LogP contribution >= 0.6 is 0 Å². The average Bonchev–Trinajstić information content (AvgIpc) is 3.67. The lowest BCUT2D eigenvalue weighted by Crippen LogP contribution is -2.66. The van der Waals surface area contributed by atoms with E-state index in [1.807, 2.05) is 26.8 Å². The second-order valence-electron chi connectivity index (χ2n) is 20.5. The van der Waals surface area contributed by atoms with Gasteiger partial charge in [-0.05, 0) is 126 Å². The van der Waals surface area contributed by atoms with Crippen LogP contribution in [0.15, 0.2) is 47.6 Å². The Balaban J connectivity index is 0.000000161. The third kappa shape index (κ3) is 5.33. The first-order valence-electron chi connectivity index (χ1n) is 21.2. The molecule has 16 atom stereocenters.